The maximum atomic E-state index is 13.0. The molecule has 2 atom stereocenters. The van der Waals surface area contributed by atoms with Gasteiger partial charge in [-0.2, -0.15) is 13.2 Å². The monoisotopic (exact) mass is 502 g/mol. The minimum absolute atomic E-state index is 0.0464. The highest BCUT2D eigenvalue weighted by Crippen LogP contribution is 2.32. The third-order valence-electron chi connectivity index (χ3n) is 5.64. The summed E-state index contributed by atoms with van der Waals surface area (Å²) in [5.41, 5.74) is 1.57. The van der Waals surface area contributed by atoms with Gasteiger partial charge in [0.1, 0.15) is 0 Å². The molecule has 1 heterocycles. The highest BCUT2D eigenvalue weighted by atomic mass is 19.4. The van der Waals surface area contributed by atoms with Crippen LogP contribution < -0.4 is 16.0 Å². The molecule has 3 rings (SSSR count). The number of nitrogens with zero attached hydrogens (tertiary/aromatic N) is 1. The zero-order valence-electron chi connectivity index (χ0n) is 20.0. The summed E-state index contributed by atoms with van der Waals surface area (Å²) in [5, 5.41) is 17.7. The number of hydrogen-bond donors (Lipinski definition) is 4. The maximum Gasteiger partial charge on any atom is 0.416 e. The molecule has 192 valence electrons. The Kier molecular flexibility index (Phi) is 8.52. The number of benzene rings is 2. The molecule has 36 heavy (non-hydrogen) atoms. The molecule has 0 radical (unpaired) electrons. The van der Waals surface area contributed by atoms with E-state index in [-0.39, 0.29) is 24.9 Å². The van der Waals surface area contributed by atoms with Crippen molar-refractivity contribution in [3.05, 3.63) is 71.9 Å². The van der Waals surface area contributed by atoms with E-state index in [1.165, 1.54) is 18.3 Å². The van der Waals surface area contributed by atoms with Gasteiger partial charge in [-0.15, -0.1) is 0 Å². The summed E-state index contributed by atoms with van der Waals surface area (Å²) in [7, 11) is 0. The zero-order valence-corrected chi connectivity index (χ0v) is 20.0. The molecule has 0 spiro atoms. The van der Waals surface area contributed by atoms with Gasteiger partial charge >= 0.3 is 12.1 Å². The Labute approximate surface area is 207 Å². The van der Waals surface area contributed by atoms with Crippen LogP contribution in [0, 0.1) is 5.92 Å². The van der Waals surface area contributed by atoms with Crippen LogP contribution in [0.15, 0.2) is 65.8 Å². The van der Waals surface area contributed by atoms with Gasteiger partial charge in [0.05, 0.1) is 12.0 Å². The van der Waals surface area contributed by atoms with E-state index in [1.54, 1.807) is 12.3 Å². The molecular weight excluding hydrogens is 473 g/mol. The number of carbonyl (C=O) groups is 2. The Morgan fingerprint density at radius 1 is 1.06 bits per heavy atom. The molecule has 1 amide bonds. The molecule has 0 aliphatic carbocycles. The van der Waals surface area contributed by atoms with Crippen molar-refractivity contribution in [1.29, 1.82) is 0 Å². The fraction of sp³-hybridized carbons (Fsp3) is 0.346. The van der Waals surface area contributed by atoms with Gasteiger partial charge in [-0.05, 0) is 47.2 Å². The molecule has 4 N–H and O–H groups in total. The van der Waals surface area contributed by atoms with Gasteiger partial charge in [0.15, 0.2) is 0 Å². The molecule has 1 aliphatic heterocycles. The Morgan fingerprint density at radius 2 is 1.67 bits per heavy atom. The largest absolute Gasteiger partial charge is 0.481 e. The topological polar surface area (TPSA) is 103 Å². The normalized spacial score (nSPS) is 18.1. The van der Waals surface area contributed by atoms with Crippen LogP contribution in [-0.4, -0.2) is 35.5 Å². The maximum absolute atomic E-state index is 13.0. The number of allylic oxidation sites excluding steroid dienone is 1. The van der Waals surface area contributed by atoms with Crippen molar-refractivity contribution in [2.45, 2.75) is 44.7 Å². The minimum Gasteiger partial charge on any atom is -0.481 e. The molecule has 10 heteroatoms. The summed E-state index contributed by atoms with van der Waals surface area (Å²) in [6.45, 7) is 4.04. The average molecular weight is 503 g/mol. The molecule has 0 fully saturated rings. The second-order valence-electron chi connectivity index (χ2n) is 8.92. The number of aliphatic carboxylic acids is 1. The van der Waals surface area contributed by atoms with Gasteiger partial charge in [-0.3, -0.25) is 14.9 Å². The number of alkyl halides is 3. The van der Waals surface area contributed by atoms with Crippen LogP contribution in [-0.2, 0) is 15.8 Å². The molecule has 1 aliphatic rings. The first-order valence-corrected chi connectivity index (χ1v) is 11.5. The first-order chi connectivity index (χ1) is 17.0. The summed E-state index contributed by atoms with van der Waals surface area (Å²) >= 11 is 0. The van der Waals surface area contributed by atoms with Crippen LogP contribution in [0.5, 0.6) is 0 Å². The molecule has 0 saturated heterocycles. The molecular formula is C26H29F3N4O3. The summed E-state index contributed by atoms with van der Waals surface area (Å²) in [5.74, 6) is -2.81. The van der Waals surface area contributed by atoms with Crippen LogP contribution >= 0.6 is 0 Å². The standard InChI is InChI=1S/C26H29F3N4O3/c1-17(2)16-22(33-26(31-13-3-14-32-26)24(36)30-15-12-23(34)35)20-6-4-18(5-7-20)19-8-10-21(11-9-19)25(27,28)29/h3-11,13-14,17,22,31,33H,12,15-16H2,1-2H3,(H,30,36)(H,34,35)/t22?,26-/m0/s1. The van der Waals surface area contributed by atoms with Crippen LogP contribution in [0.2, 0.25) is 0 Å². The molecule has 0 aromatic heterocycles. The van der Waals surface area contributed by atoms with E-state index in [1.807, 2.05) is 38.1 Å². The van der Waals surface area contributed by atoms with E-state index in [2.05, 4.69) is 20.9 Å². The first kappa shape index (κ1) is 26.9. The predicted octanol–water partition coefficient (Wildman–Crippen LogP) is 4.48. The lowest BCUT2D eigenvalue weighted by Crippen LogP contribution is -2.65. The Bertz CT molecular complexity index is 1110. The Morgan fingerprint density at radius 3 is 2.17 bits per heavy atom. The van der Waals surface area contributed by atoms with E-state index in [0.29, 0.717) is 12.0 Å². The Hall–Kier alpha value is -3.66. The SMILES string of the molecule is CC(C)CC(N[C@]1(C(=O)NCCC(=O)O)N=CC=CN1)c1ccc(-c2ccc(C(F)(F)F)cc2)cc1. The van der Waals surface area contributed by atoms with Crippen molar-refractivity contribution in [2.75, 3.05) is 6.54 Å². The number of carboxylic acids is 1. The molecule has 0 saturated carbocycles. The highest BCUT2D eigenvalue weighted by Gasteiger charge is 2.40. The summed E-state index contributed by atoms with van der Waals surface area (Å²) in [6, 6.07) is 12.0. The third kappa shape index (κ3) is 6.94. The quantitative estimate of drug-likeness (QED) is 0.384. The average Bonchev–Trinajstić information content (AvgIpc) is 2.83. The van der Waals surface area contributed by atoms with Crippen molar-refractivity contribution in [3.63, 3.8) is 0 Å². The fourth-order valence-corrected chi connectivity index (χ4v) is 3.84. The van der Waals surface area contributed by atoms with Crippen molar-refractivity contribution >= 4 is 18.1 Å². The number of aliphatic imine (C=N–C) groups is 1. The summed E-state index contributed by atoms with van der Waals surface area (Å²) < 4.78 is 38.6. The first-order valence-electron chi connectivity index (χ1n) is 11.5. The van der Waals surface area contributed by atoms with Gasteiger partial charge in [0, 0.05) is 25.0 Å². The van der Waals surface area contributed by atoms with Crippen LogP contribution in [0.4, 0.5) is 13.2 Å². The van der Waals surface area contributed by atoms with Crippen LogP contribution in [0.3, 0.4) is 0 Å². The van der Waals surface area contributed by atoms with Gasteiger partial charge < -0.3 is 15.7 Å². The lowest BCUT2D eigenvalue weighted by molar-refractivity contribution is -0.138. The molecule has 2 aromatic rings. The van der Waals surface area contributed by atoms with E-state index >= 15 is 0 Å². The number of hydrogen-bond acceptors (Lipinski definition) is 5. The second kappa shape index (κ2) is 11.4. The molecule has 1 unspecified atom stereocenters. The van der Waals surface area contributed by atoms with Gasteiger partial charge in [-0.1, -0.05) is 50.2 Å². The molecule has 0 bridgehead atoms. The lowest BCUT2D eigenvalue weighted by Gasteiger charge is -2.36. The van der Waals surface area contributed by atoms with Crippen LogP contribution in [0.25, 0.3) is 11.1 Å². The summed E-state index contributed by atoms with van der Waals surface area (Å²) in [6.07, 6.45) is 0.754. The smallest absolute Gasteiger partial charge is 0.416 e. The predicted molar refractivity (Wildman–Crippen MR) is 131 cm³/mol. The zero-order chi connectivity index (χ0) is 26.3. The van der Waals surface area contributed by atoms with Gasteiger partial charge in [-0.25, -0.2) is 4.99 Å². The van der Waals surface area contributed by atoms with E-state index in [9.17, 15) is 22.8 Å². The number of amides is 1. The number of carbonyl (C=O) groups excluding carboxylic acids is 1. The lowest BCUT2D eigenvalue weighted by atomic mass is 9.94. The number of rotatable bonds is 10. The van der Waals surface area contributed by atoms with Gasteiger partial charge in [0.2, 0.25) is 0 Å². The van der Waals surface area contributed by atoms with Gasteiger partial charge in [0.25, 0.3) is 11.7 Å². The van der Waals surface area contributed by atoms with E-state index in [4.69, 9.17) is 5.11 Å². The highest BCUT2D eigenvalue weighted by molar-refractivity contribution is 5.89. The van der Waals surface area contributed by atoms with Crippen LogP contribution in [0.1, 0.15) is 43.9 Å². The van der Waals surface area contributed by atoms with Crippen molar-refractivity contribution < 1.29 is 27.9 Å². The van der Waals surface area contributed by atoms with E-state index < -0.39 is 29.4 Å². The summed E-state index contributed by atoms with van der Waals surface area (Å²) in [4.78, 5) is 28.2. The minimum atomic E-state index is -4.39. The van der Waals surface area contributed by atoms with E-state index in [0.717, 1.165) is 23.3 Å². The Balaban J connectivity index is 1.83. The molecule has 7 nitrogen and oxygen atoms in total. The number of carboxylic acid groups (broad SMARTS) is 1. The number of nitrogens with one attached hydrogen (secondary N) is 3. The van der Waals surface area contributed by atoms with Crippen molar-refractivity contribution in [1.82, 2.24) is 16.0 Å². The molecule has 2 aromatic carbocycles. The van der Waals surface area contributed by atoms with Crippen molar-refractivity contribution in [2.24, 2.45) is 10.9 Å². The fourth-order valence-electron chi connectivity index (χ4n) is 3.84. The van der Waals surface area contributed by atoms with Crippen molar-refractivity contribution in [3.8, 4) is 11.1 Å². The second-order valence-corrected chi connectivity index (χ2v) is 8.92. The third-order valence-corrected chi connectivity index (χ3v) is 5.64. The number of halogens is 3.